The molecule has 0 aromatic heterocycles. The average molecular weight is 289 g/mol. The Morgan fingerprint density at radius 2 is 1.94 bits per heavy atom. The van der Waals surface area contributed by atoms with Gasteiger partial charge in [-0.25, -0.2) is 0 Å². The summed E-state index contributed by atoms with van der Waals surface area (Å²) in [5.41, 5.74) is 6.96. The van der Waals surface area contributed by atoms with E-state index in [4.69, 9.17) is 28.9 Å². The maximum atomic E-state index is 6.19. The van der Waals surface area contributed by atoms with E-state index < -0.39 is 0 Å². The summed E-state index contributed by atoms with van der Waals surface area (Å²) in [5, 5.41) is 1.49. The molecule has 0 spiro atoms. The van der Waals surface area contributed by atoms with Gasteiger partial charge in [0.2, 0.25) is 0 Å². The maximum Gasteiger partial charge on any atom is 0.0452 e. The summed E-state index contributed by atoms with van der Waals surface area (Å²) in [6.07, 6.45) is 0. The fourth-order valence-corrected chi connectivity index (χ4v) is 2.23. The van der Waals surface area contributed by atoms with Gasteiger partial charge in [-0.1, -0.05) is 44.0 Å². The first-order valence-corrected chi connectivity index (χ1v) is 7.00. The van der Waals surface area contributed by atoms with E-state index in [1.165, 1.54) is 0 Å². The monoisotopic (exact) mass is 288 g/mol. The summed E-state index contributed by atoms with van der Waals surface area (Å²) in [6.45, 7) is 9.89. The number of nitrogens with two attached hydrogens (primary N) is 1. The molecule has 0 radical (unpaired) electrons. The highest BCUT2D eigenvalue weighted by Gasteiger charge is 2.20. The number of rotatable bonds is 6. The van der Waals surface area contributed by atoms with Crippen molar-refractivity contribution in [2.45, 2.75) is 27.3 Å². The summed E-state index contributed by atoms with van der Waals surface area (Å²) in [6, 6.07) is 5.59. The summed E-state index contributed by atoms with van der Waals surface area (Å²) >= 11 is 12.2. The molecule has 1 aromatic rings. The molecule has 0 aliphatic heterocycles. The Hall–Kier alpha value is -0.280. The van der Waals surface area contributed by atoms with E-state index in [1.807, 2.05) is 18.2 Å². The van der Waals surface area contributed by atoms with Crippen molar-refractivity contribution in [1.82, 2.24) is 4.90 Å². The molecular formula is C14H22Cl2N2. The smallest absolute Gasteiger partial charge is 0.0452 e. The maximum absolute atomic E-state index is 6.19. The van der Waals surface area contributed by atoms with Gasteiger partial charge >= 0.3 is 0 Å². The molecular weight excluding hydrogens is 267 g/mol. The van der Waals surface area contributed by atoms with Crippen molar-refractivity contribution in [1.29, 1.82) is 0 Å². The fraction of sp³-hybridized carbons (Fsp3) is 0.571. The zero-order valence-electron chi connectivity index (χ0n) is 11.3. The Morgan fingerprint density at radius 3 is 2.50 bits per heavy atom. The number of benzene rings is 1. The van der Waals surface area contributed by atoms with Crippen LogP contribution in [0.15, 0.2) is 18.2 Å². The first-order valence-electron chi connectivity index (χ1n) is 6.24. The minimum atomic E-state index is 0.112. The lowest BCUT2D eigenvalue weighted by atomic mass is 9.93. The molecule has 0 atom stereocenters. The molecule has 102 valence electrons. The first kappa shape index (κ1) is 15.8. The van der Waals surface area contributed by atoms with Crippen molar-refractivity contribution in [3.8, 4) is 0 Å². The van der Waals surface area contributed by atoms with Crippen molar-refractivity contribution in [2.24, 2.45) is 11.1 Å². The summed E-state index contributed by atoms with van der Waals surface area (Å²) in [4.78, 5) is 2.34. The highest BCUT2D eigenvalue weighted by Crippen LogP contribution is 2.23. The number of halogens is 2. The van der Waals surface area contributed by atoms with E-state index in [1.54, 1.807) is 0 Å². The van der Waals surface area contributed by atoms with E-state index in [2.05, 4.69) is 25.7 Å². The molecule has 0 bridgehead atoms. The molecule has 0 aliphatic carbocycles. The lowest BCUT2D eigenvalue weighted by Gasteiger charge is -2.31. The van der Waals surface area contributed by atoms with Crippen LogP contribution < -0.4 is 5.73 Å². The van der Waals surface area contributed by atoms with Crippen molar-refractivity contribution in [2.75, 3.05) is 19.6 Å². The lowest BCUT2D eigenvalue weighted by Crippen LogP contribution is -2.38. The Kier molecular flexibility index (Phi) is 5.93. The zero-order chi connectivity index (χ0) is 13.8. The molecule has 1 aromatic carbocycles. The Morgan fingerprint density at radius 1 is 1.28 bits per heavy atom. The predicted molar refractivity (Wildman–Crippen MR) is 80.2 cm³/mol. The second-order valence-electron chi connectivity index (χ2n) is 5.41. The molecule has 0 fully saturated rings. The first-order chi connectivity index (χ1) is 8.38. The largest absolute Gasteiger partial charge is 0.330 e. The highest BCUT2D eigenvalue weighted by atomic mass is 35.5. The number of nitrogens with zero attached hydrogens (tertiary/aromatic N) is 1. The van der Waals surface area contributed by atoms with Crippen LogP contribution in [0.3, 0.4) is 0 Å². The van der Waals surface area contributed by atoms with Gasteiger partial charge in [0.1, 0.15) is 0 Å². The zero-order valence-corrected chi connectivity index (χ0v) is 12.9. The van der Waals surface area contributed by atoms with Gasteiger partial charge < -0.3 is 5.73 Å². The molecule has 2 N–H and O–H groups in total. The lowest BCUT2D eigenvalue weighted by molar-refractivity contribution is 0.183. The molecule has 0 saturated heterocycles. The van der Waals surface area contributed by atoms with Gasteiger partial charge in [0, 0.05) is 23.1 Å². The van der Waals surface area contributed by atoms with Crippen LogP contribution in [-0.4, -0.2) is 24.5 Å². The predicted octanol–water partition coefficient (Wildman–Crippen LogP) is 3.80. The van der Waals surface area contributed by atoms with Gasteiger partial charge in [0.25, 0.3) is 0 Å². The number of hydrogen-bond donors (Lipinski definition) is 1. The van der Waals surface area contributed by atoms with Crippen LogP contribution in [-0.2, 0) is 6.54 Å². The van der Waals surface area contributed by atoms with Crippen molar-refractivity contribution in [3.05, 3.63) is 33.8 Å². The minimum Gasteiger partial charge on any atom is -0.330 e. The second kappa shape index (κ2) is 6.76. The third-order valence-electron chi connectivity index (χ3n) is 3.05. The average Bonchev–Trinajstić information content (AvgIpc) is 2.32. The topological polar surface area (TPSA) is 29.3 Å². The van der Waals surface area contributed by atoms with Crippen LogP contribution in [0, 0.1) is 5.41 Å². The Labute approximate surface area is 120 Å². The van der Waals surface area contributed by atoms with Gasteiger partial charge in [-0.3, -0.25) is 4.90 Å². The van der Waals surface area contributed by atoms with Crippen molar-refractivity contribution < 1.29 is 0 Å². The third kappa shape index (κ3) is 4.77. The summed E-state index contributed by atoms with van der Waals surface area (Å²) < 4.78 is 0. The SMILES string of the molecule is CCN(Cc1cc(Cl)ccc1Cl)CC(C)(C)CN. The molecule has 0 heterocycles. The third-order valence-corrected chi connectivity index (χ3v) is 3.66. The molecule has 0 saturated carbocycles. The van der Waals surface area contributed by atoms with Crippen molar-refractivity contribution in [3.63, 3.8) is 0 Å². The molecule has 0 unspecified atom stereocenters. The Balaban J connectivity index is 2.77. The molecule has 0 amide bonds. The van der Waals surface area contributed by atoms with E-state index in [0.717, 1.165) is 35.2 Å². The van der Waals surface area contributed by atoms with Crippen LogP contribution >= 0.6 is 23.2 Å². The minimum absolute atomic E-state index is 0.112. The molecule has 2 nitrogen and oxygen atoms in total. The summed E-state index contributed by atoms with van der Waals surface area (Å²) in [5.74, 6) is 0. The van der Waals surface area contributed by atoms with Gasteiger partial charge in [0.15, 0.2) is 0 Å². The fourth-order valence-electron chi connectivity index (χ4n) is 1.85. The molecule has 18 heavy (non-hydrogen) atoms. The standard InChI is InChI=1S/C14H22Cl2N2/c1-4-18(10-14(2,3)9-17)8-11-7-12(15)5-6-13(11)16/h5-7H,4,8-10,17H2,1-3H3. The molecule has 0 aliphatic rings. The highest BCUT2D eigenvalue weighted by molar-refractivity contribution is 6.33. The summed E-state index contributed by atoms with van der Waals surface area (Å²) in [7, 11) is 0. The van der Waals surface area contributed by atoms with Crippen LogP contribution in [0.25, 0.3) is 0 Å². The van der Waals surface area contributed by atoms with Gasteiger partial charge in [-0.15, -0.1) is 0 Å². The normalized spacial score (nSPS) is 12.2. The quantitative estimate of drug-likeness (QED) is 0.863. The molecule has 4 heteroatoms. The van der Waals surface area contributed by atoms with E-state index in [-0.39, 0.29) is 5.41 Å². The van der Waals surface area contributed by atoms with Crippen LogP contribution in [0.5, 0.6) is 0 Å². The van der Waals surface area contributed by atoms with Crippen LogP contribution in [0.4, 0.5) is 0 Å². The van der Waals surface area contributed by atoms with E-state index >= 15 is 0 Å². The van der Waals surface area contributed by atoms with Crippen LogP contribution in [0.2, 0.25) is 10.0 Å². The van der Waals surface area contributed by atoms with E-state index in [0.29, 0.717) is 6.54 Å². The Bertz CT molecular complexity index is 391. The van der Waals surface area contributed by atoms with Crippen molar-refractivity contribution >= 4 is 23.2 Å². The second-order valence-corrected chi connectivity index (χ2v) is 6.25. The van der Waals surface area contributed by atoms with E-state index in [9.17, 15) is 0 Å². The molecule has 1 rings (SSSR count). The number of hydrogen-bond acceptors (Lipinski definition) is 2. The van der Waals surface area contributed by atoms with Gasteiger partial charge in [0.05, 0.1) is 0 Å². The van der Waals surface area contributed by atoms with Gasteiger partial charge in [-0.05, 0) is 42.3 Å². The van der Waals surface area contributed by atoms with Crippen LogP contribution in [0.1, 0.15) is 26.3 Å². The van der Waals surface area contributed by atoms with Gasteiger partial charge in [-0.2, -0.15) is 0 Å².